The van der Waals surface area contributed by atoms with Crippen molar-refractivity contribution in [2.45, 2.75) is 25.7 Å². The third-order valence-corrected chi connectivity index (χ3v) is 6.24. The Morgan fingerprint density at radius 2 is 1.38 bits per heavy atom. The summed E-state index contributed by atoms with van der Waals surface area (Å²) < 4.78 is 11.3. The summed E-state index contributed by atoms with van der Waals surface area (Å²) in [5, 5.41) is 10.7. The van der Waals surface area contributed by atoms with Crippen molar-refractivity contribution in [1.29, 1.82) is 0 Å². The van der Waals surface area contributed by atoms with Crippen LogP contribution >= 0.6 is 0 Å². The van der Waals surface area contributed by atoms with E-state index in [2.05, 4.69) is 55.1 Å². The molecule has 0 radical (unpaired) electrons. The van der Waals surface area contributed by atoms with Gasteiger partial charge < -0.3 is 19.5 Å². The predicted octanol–water partition coefficient (Wildman–Crippen LogP) is 4.94. The molecule has 0 saturated heterocycles. The highest BCUT2D eigenvalue weighted by atomic mass is 16.5. The first-order chi connectivity index (χ1) is 15.6. The summed E-state index contributed by atoms with van der Waals surface area (Å²) >= 11 is 0. The minimum absolute atomic E-state index is 0.00517. The van der Waals surface area contributed by atoms with Crippen LogP contribution in [0.4, 0.5) is 0 Å². The average Bonchev–Trinajstić information content (AvgIpc) is 2.86. The molecule has 4 nitrogen and oxygen atoms in total. The Kier molecular flexibility index (Phi) is 8.72. The van der Waals surface area contributed by atoms with E-state index in [1.165, 1.54) is 0 Å². The molecule has 1 N–H and O–H groups in total. The van der Waals surface area contributed by atoms with Crippen molar-refractivity contribution < 1.29 is 14.6 Å². The third-order valence-electron chi connectivity index (χ3n) is 6.24. The number of aliphatic hydroxyl groups excluding tert-OH is 1. The fraction of sp³-hybridized carbons (Fsp3) is 0.357. The van der Waals surface area contributed by atoms with Crippen LogP contribution in [-0.4, -0.2) is 50.0 Å². The molecule has 4 heteroatoms. The van der Waals surface area contributed by atoms with E-state index in [1.54, 1.807) is 7.11 Å². The van der Waals surface area contributed by atoms with Crippen molar-refractivity contribution in [2.24, 2.45) is 0 Å². The smallest absolute Gasteiger partial charge is 0.119 e. The number of ether oxygens (including phenoxy) is 2. The summed E-state index contributed by atoms with van der Waals surface area (Å²) in [5.41, 5.74) is 2.75. The molecule has 170 valence electrons. The monoisotopic (exact) mass is 433 g/mol. The molecule has 0 aromatic heterocycles. The molecule has 1 unspecified atom stereocenters. The van der Waals surface area contributed by atoms with Crippen LogP contribution in [0.15, 0.2) is 78.9 Å². The molecule has 0 aliphatic carbocycles. The zero-order valence-corrected chi connectivity index (χ0v) is 19.5. The lowest BCUT2D eigenvalue weighted by Crippen LogP contribution is -2.34. The van der Waals surface area contributed by atoms with Crippen LogP contribution in [0.25, 0.3) is 0 Å². The second-order valence-electron chi connectivity index (χ2n) is 8.03. The Morgan fingerprint density at radius 1 is 0.781 bits per heavy atom. The maximum absolute atomic E-state index is 10.7. The number of hydrogen-bond acceptors (Lipinski definition) is 4. The van der Waals surface area contributed by atoms with Gasteiger partial charge in [0.05, 0.1) is 13.7 Å². The molecule has 0 saturated carbocycles. The van der Waals surface area contributed by atoms with E-state index in [1.807, 2.05) is 42.5 Å². The lowest BCUT2D eigenvalue weighted by atomic mass is 9.71. The van der Waals surface area contributed by atoms with E-state index in [9.17, 15) is 5.11 Å². The van der Waals surface area contributed by atoms with E-state index in [-0.39, 0.29) is 6.61 Å². The number of benzene rings is 3. The summed E-state index contributed by atoms with van der Waals surface area (Å²) in [4.78, 5) is 2.34. The zero-order valence-electron chi connectivity index (χ0n) is 19.5. The van der Waals surface area contributed by atoms with Gasteiger partial charge in [-0.1, -0.05) is 68.4 Å². The maximum atomic E-state index is 10.7. The molecule has 3 aromatic rings. The lowest BCUT2D eigenvalue weighted by Gasteiger charge is -2.34. The summed E-state index contributed by atoms with van der Waals surface area (Å²) in [6, 6.07) is 26.5. The van der Waals surface area contributed by atoms with Gasteiger partial charge in [0.1, 0.15) is 18.1 Å². The van der Waals surface area contributed by atoms with Crippen molar-refractivity contribution >= 4 is 0 Å². The van der Waals surface area contributed by atoms with Crippen molar-refractivity contribution in [2.75, 3.05) is 40.0 Å². The fourth-order valence-corrected chi connectivity index (χ4v) is 4.16. The molecular formula is C28H35NO3. The van der Waals surface area contributed by atoms with Gasteiger partial charge in [0.25, 0.3) is 0 Å². The van der Waals surface area contributed by atoms with Crippen molar-refractivity contribution in [3.8, 4) is 11.5 Å². The van der Waals surface area contributed by atoms with Gasteiger partial charge in [0.15, 0.2) is 0 Å². The summed E-state index contributed by atoms with van der Waals surface area (Å²) in [7, 11) is 1.67. The maximum Gasteiger partial charge on any atom is 0.119 e. The van der Waals surface area contributed by atoms with Gasteiger partial charge in [-0.15, -0.1) is 0 Å². The minimum atomic E-state index is -0.546. The van der Waals surface area contributed by atoms with Crippen LogP contribution in [0.5, 0.6) is 11.5 Å². The topological polar surface area (TPSA) is 41.9 Å². The molecule has 3 aromatic carbocycles. The second-order valence-corrected chi connectivity index (χ2v) is 8.03. The number of hydrogen-bond donors (Lipinski definition) is 1. The van der Waals surface area contributed by atoms with E-state index < -0.39 is 5.41 Å². The molecule has 0 aliphatic rings. The number of rotatable bonds is 12. The van der Waals surface area contributed by atoms with Crippen molar-refractivity contribution in [1.82, 2.24) is 4.90 Å². The Balaban J connectivity index is 1.86. The van der Waals surface area contributed by atoms with Crippen LogP contribution in [-0.2, 0) is 11.8 Å². The molecular weight excluding hydrogens is 398 g/mol. The van der Waals surface area contributed by atoms with Gasteiger partial charge >= 0.3 is 0 Å². The number of nitrogens with zero attached hydrogens (tertiary/aromatic N) is 1. The molecule has 0 bridgehead atoms. The third kappa shape index (κ3) is 5.70. The SMILES string of the molecule is CCN(CC)CCOc1ccc(C(CO)(Cc2ccc(OC)cc2)c2ccccc2)cc1. The van der Waals surface area contributed by atoms with Crippen LogP contribution in [0.1, 0.15) is 30.5 Å². The van der Waals surface area contributed by atoms with Crippen molar-refractivity contribution in [3.63, 3.8) is 0 Å². The first-order valence-electron chi connectivity index (χ1n) is 11.4. The molecule has 0 heterocycles. The highest BCUT2D eigenvalue weighted by molar-refractivity contribution is 5.44. The Bertz CT molecular complexity index is 921. The van der Waals surface area contributed by atoms with Gasteiger partial charge in [-0.2, -0.15) is 0 Å². The molecule has 0 spiro atoms. The molecule has 0 amide bonds. The van der Waals surface area contributed by atoms with Gasteiger partial charge in [-0.05, 0) is 60.5 Å². The second kappa shape index (κ2) is 11.7. The average molecular weight is 434 g/mol. The quantitative estimate of drug-likeness (QED) is 0.439. The van der Waals surface area contributed by atoms with Gasteiger partial charge in [-0.3, -0.25) is 0 Å². The highest BCUT2D eigenvalue weighted by Gasteiger charge is 2.34. The van der Waals surface area contributed by atoms with Crippen LogP contribution in [0.2, 0.25) is 0 Å². The number of methoxy groups -OCH3 is 1. The van der Waals surface area contributed by atoms with Crippen molar-refractivity contribution in [3.05, 3.63) is 95.6 Å². The number of likely N-dealkylation sites (N-methyl/N-ethyl adjacent to an activating group) is 1. The number of aliphatic hydroxyl groups is 1. The summed E-state index contributed by atoms with van der Waals surface area (Å²) in [6.45, 7) is 7.97. The largest absolute Gasteiger partial charge is 0.497 e. The van der Waals surface area contributed by atoms with E-state index >= 15 is 0 Å². The Hall–Kier alpha value is -2.82. The Labute approximate surface area is 192 Å². The fourth-order valence-electron chi connectivity index (χ4n) is 4.16. The predicted molar refractivity (Wildman–Crippen MR) is 131 cm³/mol. The lowest BCUT2D eigenvalue weighted by molar-refractivity contribution is 0.217. The Morgan fingerprint density at radius 3 is 1.94 bits per heavy atom. The molecule has 1 atom stereocenters. The summed E-state index contributed by atoms with van der Waals surface area (Å²) in [6.07, 6.45) is 0.680. The van der Waals surface area contributed by atoms with E-state index in [0.717, 1.165) is 47.8 Å². The van der Waals surface area contributed by atoms with E-state index in [0.29, 0.717) is 13.0 Å². The van der Waals surface area contributed by atoms with Gasteiger partial charge in [-0.25, -0.2) is 0 Å². The molecule has 0 aliphatic heterocycles. The highest BCUT2D eigenvalue weighted by Crippen LogP contribution is 2.36. The normalized spacial score (nSPS) is 13.0. The molecule has 0 fully saturated rings. The van der Waals surface area contributed by atoms with Gasteiger partial charge in [0.2, 0.25) is 0 Å². The van der Waals surface area contributed by atoms with E-state index in [4.69, 9.17) is 9.47 Å². The van der Waals surface area contributed by atoms with Crippen LogP contribution in [0, 0.1) is 0 Å². The molecule has 32 heavy (non-hydrogen) atoms. The van der Waals surface area contributed by atoms with Gasteiger partial charge in [0, 0.05) is 12.0 Å². The standard InChI is InChI=1S/C28H35NO3/c1-4-29(5-2)19-20-32-27-17-13-25(14-18-27)28(22-30,24-9-7-6-8-10-24)21-23-11-15-26(31-3)16-12-23/h6-18,30H,4-5,19-22H2,1-3H3. The first kappa shape index (κ1) is 23.8. The molecule has 3 rings (SSSR count). The van der Waals surface area contributed by atoms with Crippen LogP contribution in [0.3, 0.4) is 0 Å². The summed E-state index contributed by atoms with van der Waals surface area (Å²) in [5.74, 6) is 1.68. The minimum Gasteiger partial charge on any atom is -0.497 e. The van der Waals surface area contributed by atoms with Crippen LogP contribution < -0.4 is 9.47 Å². The zero-order chi connectivity index (χ0) is 22.8. The first-order valence-corrected chi connectivity index (χ1v) is 11.4.